The van der Waals surface area contributed by atoms with Gasteiger partial charge >= 0.3 is 11.9 Å². The Kier molecular flexibility index (Phi) is 7.03. The van der Waals surface area contributed by atoms with Crippen molar-refractivity contribution in [3.8, 4) is 5.75 Å². The predicted molar refractivity (Wildman–Crippen MR) is 84.2 cm³/mol. The lowest BCUT2D eigenvalue weighted by Gasteiger charge is -2.21. The molecule has 1 N–H and O–H groups in total. The van der Waals surface area contributed by atoms with Gasteiger partial charge in [0, 0.05) is 0 Å². The third kappa shape index (κ3) is 7.65. The molecule has 23 heavy (non-hydrogen) atoms. The Bertz CT molecular complexity index is 532. The zero-order chi connectivity index (χ0) is 17.5. The number of carbonyl (C=O) groups is 2. The quantitative estimate of drug-likeness (QED) is 0.740. The van der Waals surface area contributed by atoms with Gasteiger partial charge in [-0.1, -0.05) is 12.1 Å². The van der Waals surface area contributed by atoms with Crippen LogP contribution < -0.4 is 4.74 Å². The highest BCUT2D eigenvalue weighted by Gasteiger charge is 2.25. The predicted octanol–water partition coefficient (Wildman–Crippen LogP) is 2.64. The fraction of sp³-hybridized carbons (Fsp3) is 0.529. The molecule has 0 spiro atoms. The number of ether oxygens (including phenoxy) is 3. The summed E-state index contributed by atoms with van der Waals surface area (Å²) in [6.45, 7) is 5.39. The average Bonchev–Trinajstić information content (AvgIpc) is 2.44. The van der Waals surface area contributed by atoms with Crippen molar-refractivity contribution in [3.63, 3.8) is 0 Å². The maximum atomic E-state index is 11.7. The van der Waals surface area contributed by atoms with Crippen molar-refractivity contribution in [1.82, 2.24) is 0 Å². The zero-order valence-electron chi connectivity index (χ0n) is 14.0. The molecule has 6 heteroatoms. The van der Waals surface area contributed by atoms with E-state index in [0.717, 1.165) is 5.56 Å². The first-order chi connectivity index (χ1) is 10.7. The number of hydrogen-bond acceptors (Lipinski definition) is 5. The van der Waals surface area contributed by atoms with Gasteiger partial charge in [-0.25, -0.2) is 0 Å². The molecule has 128 valence electrons. The summed E-state index contributed by atoms with van der Waals surface area (Å²) in [7, 11) is 1.57. The minimum Gasteiger partial charge on any atom is -0.497 e. The van der Waals surface area contributed by atoms with E-state index < -0.39 is 23.5 Å². The number of aliphatic carboxylic acids is 1. The molecule has 0 aliphatic rings. The van der Waals surface area contributed by atoms with Crippen molar-refractivity contribution in [2.45, 2.75) is 39.4 Å². The first kappa shape index (κ1) is 19.0. The molecule has 0 aromatic heterocycles. The van der Waals surface area contributed by atoms with E-state index in [0.29, 0.717) is 5.75 Å². The van der Waals surface area contributed by atoms with Gasteiger partial charge in [-0.05, 0) is 38.5 Å². The van der Waals surface area contributed by atoms with E-state index in [1.54, 1.807) is 27.9 Å². The van der Waals surface area contributed by atoms with E-state index in [9.17, 15) is 14.7 Å². The topological polar surface area (TPSA) is 82.1 Å². The molecule has 1 aromatic rings. The second-order valence-corrected chi connectivity index (χ2v) is 6.19. The molecule has 0 unspecified atom stereocenters. The standard InChI is InChI=1S/C17H24O6/c1-17(2,3)23-15(18)9-13(16(19)20)11-22-10-12-6-5-7-14(8-12)21-4/h5-8,13H,9-11H2,1-4H3,(H,19,20)/t13-/m1/s1. The SMILES string of the molecule is COc1cccc(COC[C@@H](CC(=O)OC(C)(C)C)C(=O)O)c1. The number of methoxy groups -OCH3 is 1. The Morgan fingerprint density at radius 3 is 2.52 bits per heavy atom. The second kappa shape index (κ2) is 8.53. The van der Waals surface area contributed by atoms with Gasteiger partial charge in [0.1, 0.15) is 11.4 Å². The first-order valence-electron chi connectivity index (χ1n) is 7.36. The van der Waals surface area contributed by atoms with E-state index in [1.807, 2.05) is 24.3 Å². The van der Waals surface area contributed by atoms with Crippen LogP contribution in [0.3, 0.4) is 0 Å². The van der Waals surface area contributed by atoms with E-state index in [1.165, 1.54) is 0 Å². The van der Waals surface area contributed by atoms with Crippen molar-refractivity contribution in [2.24, 2.45) is 5.92 Å². The lowest BCUT2D eigenvalue weighted by atomic mass is 10.1. The smallest absolute Gasteiger partial charge is 0.309 e. The molecular weight excluding hydrogens is 300 g/mol. The number of carboxylic acids is 1. The highest BCUT2D eigenvalue weighted by Crippen LogP contribution is 2.15. The lowest BCUT2D eigenvalue weighted by molar-refractivity contribution is -0.161. The summed E-state index contributed by atoms with van der Waals surface area (Å²) >= 11 is 0. The summed E-state index contributed by atoms with van der Waals surface area (Å²) in [6, 6.07) is 7.30. The van der Waals surface area contributed by atoms with E-state index in [4.69, 9.17) is 14.2 Å². The van der Waals surface area contributed by atoms with Crippen molar-refractivity contribution < 1.29 is 28.9 Å². The monoisotopic (exact) mass is 324 g/mol. The zero-order valence-corrected chi connectivity index (χ0v) is 14.0. The van der Waals surface area contributed by atoms with Crippen molar-refractivity contribution in [1.29, 1.82) is 0 Å². The summed E-state index contributed by atoms with van der Waals surface area (Å²) in [5.41, 5.74) is 0.229. The average molecular weight is 324 g/mol. The summed E-state index contributed by atoms with van der Waals surface area (Å²) in [6.07, 6.45) is -0.218. The van der Waals surface area contributed by atoms with Crippen LogP contribution in [0.25, 0.3) is 0 Å². The third-order valence-electron chi connectivity index (χ3n) is 2.90. The number of carbonyl (C=O) groups excluding carboxylic acids is 1. The minimum absolute atomic E-state index is 0.0637. The molecule has 0 saturated heterocycles. The summed E-state index contributed by atoms with van der Waals surface area (Å²) in [5, 5.41) is 9.19. The van der Waals surface area contributed by atoms with Crippen LogP contribution in [0.1, 0.15) is 32.8 Å². The molecule has 0 aliphatic carbocycles. The van der Waals surface area contributed by atoms with Crippen molar-refractivity contribution in [3.05, 3.63) is 29.8 Å². The van der Waals surface area contributed by atoms with Crippen LogP contribution in [0.2, 0.25) is 0 Å². The number of carboxylic acid groups (broad SMARTS) is 1. The van der Waals surface area contributed by atoms with Crippen LogP contribution in [0.5, 0.6) is 5.75 Å². The molecule has 6 nitrogen and oxygen atoms in total. The van der Waals surface area contributed by atoms with Crippen LogP contribution in [0.4, 0.5) is 0 Å². The van der Waals surface area contributed by atoms with Gasteiger partial charge in [-0.15, -0.1) is 0 Å². The van der Waals surface area contributed by atoms with Crippen molar-refractivity contribution in [2.75, 3.05) is 13.7 Å². The Labute approximate surface area is 136 Å². The molecule has 0 aliphatic heterocycles. The van der Waals surface area contributed by atoms with E-state index >= 15 is 0 Å². The van der Waals surface area contributed by atoms with Gasteiger partial charge in [-0.3, -0.25) is 9.59 Å². The molecule has 0 radical (unpaired) electrons. The largest absolute Gasteiger partial charge is 0.497 e. The Morgan fingerprint density at radius 1 is 1.26 bits per heavy atom. The van der Waals surface area contributed by atoms with Gasteiger partial charge in [0.2, 0.25) is 0 Å². The van der Waals surface area contributed by atoms with Gasteiger partial charge in [0.25, 0.3) is 0 Å². The maximum Gasteiger partial charge on any atom is 0.309 e. The van der Waals surface area contributed by atoms with Crippen LogP contribution >= 0.6 is 0 Å². The van der Waals surface area contributed by atoms with Crippen LogP contribution in [0.15, 0.2) is 24.3 Å². The molecule has 0 amide bonds. The Hall–Kier alpha value is -2.08. The number of esters is 1. The van der Waals surface area contributed by atoms with Crippen LogP contribution in [0, 0.1) is 5.92 Å². The lowest BCUT2D eigenvalue weighted by Crippen LogP contribution is -2.29. The molecule has 1 aromatic carbocycles. The van der Waals surface area contributed by atoms with Gasteiger partial charge in [0.15, 0.2) is 0 Å². The highest BCUT2D eigenvalue weighted by molar-refractivity contribution is 5.79. The summed E-state index contributed by atoms with van der Waals surface area (Å²) < 4.78 is 15.7. The number of rotatable bonds is 8. The third-order valence-corrected chi connectivity index (χ3v) is 2.90. The molecule has 0 saturated carbocycles. The molecule has 1 atom stereocenters. The van der Waals surface area contributed by atoms with Crippen molar-refractivity contribution >= 4 is 11.9 Å². The molecule has 0 heterocycles. The molecule has 0 fully saturated rings. The highest BCUT2D eigenvalue weighted by atomic mass is 16.6. The van der Waals surface area contributed by atoms with E-state index in [-0.39, 0.29) is 19.6 Å². The molecule has 0 bridgehead atoms. The first-order valence-corrected chi connectivity index (χ1v) is 7.36. The Balaban J connectivity index is 2.50. The van der Waals surface area contributed by atoms with Gasteiger partial charge < -0.3 is 19.3 Å². The summed E-state index contributed by atoms with van der Waals surface area (Å²) in [4.78, 5) is 23.0. The Morgan fingerprint density at radius 2 is 1.96 bits per heavy atom. The number of hydrogen-bond donors (Lipinski definition) is 1. The molecule has 1 rings (SSSR count). The van der Waals surface area contributed by atoms with Gasteiger partial charge in [0.05, 0.1) is 32.7 Å². The molecular formula is C17H24O6. The fourth-order valence-electron chi connectivity index (χ4n) is 1.88. The second-order valence-electron chi connectivity index (χ2n) is 6.19. The normalized spacial score (nSPS) is 12.5. The van der Waals surface area contributed by atoms with E-state index in [2.05, 4.69) is 0 Å². The minimum atomic E-state index is -1.08. The maximum absolute atomic E-state index is 11.7. The van der Waals surface area contributed by atoms with Gasteiger partial charge in [-0.2, -0.15) is 0 Å². The fourth-order valence-corrected chi connectivity index (χ4v) is 1.88. The summed E-state index contributed by atoms with van der Waals surface area (Å²) in [5.74, 6) is -1.86. The van der Waals surface area contributed by atoms with Crippen LogP contribution in [-0.4, -0.2) is 36.4 Å². The number of benzene rings is 1. The van der Waals surface area contributed by atoms with Crippen LogP contribution in [-0.2, 0) is 25.7 Å².